The molecule has 1 aromatic carbocycles. The Morgan fingerprint density at radius 1 is 1.28 bits per heavy atom. The van der Waals surface area contributed by atoms with Crippen LogP contribution in [0.25, 0.3) is 0 Å². The maximum Gasteiger partial charge on any atom is 0.278 e. The molecular weight excluding hydrogens is 230 g/mol. The van der Waals surface area contributed by atoms with Crippen molar-refractivity contribution < 1.29 is 9.32 Å². The van der Waals surface area contributed by atoms with Gasteiger partial charge in [0.2, 0.25) is 0 Å². The van der Waals surface area contributed by atoms with Crippen LogP contribution >= 0.6 is 0 Å². The van der Waals surface area contributed by atoms with Gasteiger partial charge in [-0.05, 0) is 31.2 Å². The number of rotatable bonds is 3. The molecule has 0 fully saturated rings. The summed E-state index contributed by atoms with van der Waals surface area (Å²) in [6.07, 6.45) is 1.45. The van der Waals surface area contributed by atoms with Gasteiger partial charge in [0.05, 0.1) is 0 Å². The Bertz CT molecular complexity index is 544. The van der Waals surface area contributed by atoms with Gasteiger partial charge >= 0.3 is 0 Å². The van der Waals surface area contributed by atoms with Gasteiger partial charge in [-0.1, -0.05) is 5.16 Å². The third-order valence-electron chi connectivity index (χ3n) is 2.60. The van der Waals surface area contributed by atoms with Crippen molar-refractivity contribution in [2.75, 3.05) is 24.3 Å². The molecule has 0 bridgehead atoms. The maximum absolute atomic E-state index is 11.9. The third-order valence-corrected chi connectivity index (χ3v) is 2.60. The van der Waals surface area contributed by atoms with E-state index in [9.17, 15) is 4.79 Å². The van der Waals surface area contributed by atoms with E-state index in [1.165, 1.54) is 6.26 Å². The lowest BCUT2D eigenvalue weighted by atomic mass is 10.2. The van der Waals surface area contributed by atoms with E-state index in [0.717, 1.165) is 16.9 Å². The summed E-state index contributed by atoms with van der Waals surface area (Å²) in [5.74, 6) is -0.265. The van der Waals surface area contributed by atoms with Crippen molar-refractivity contribution in [1.82, 2.24) is 5.16 Å². The summed E-state index contributed by atoms with van der Waals surface area (Å²) in [5.41, 5.74) is 2.84. The van der Waals surface area contributed by atoms with Crippen molar-refractivity contribution in [2.45, 2.75) is 6.92 Å². The first kappa shape index (κ1) is 12.2. The second-order valence-corrected chi connectivity index (χ2v) is 4.24. The molecule has 0 aliphatic heterocycles. The predicted molar refractivity (Wildman–Crippen MR) is 70.0 cm³/mol. The molecule has 0 saturated carbocycles. The Morgan fingerprint density at radius 2 is 1.94 bits per heavy atom. The summed E-state index contributed by atoms with van der Waals surface area (Å²) in [5, 5.41) is 6.43. The average molecular weight is 245 g/mol. The number of anilines is 2. The van der Waals surface area contributed by atoms with Gasteiger partial charge in [-0.2, -0.15) is 0 Å². The van der Waals surface area contributed by atoms with Gasteiger partial charge in [0, 0.05) is 31.0 Å². The van der Waals surface area contributed by atoms with E-state index in [2.05, 4.69) is 10.5 Å². The molecule has 2 aromatic rings. The number of carbonyl (C=O) groups is 1. The lowest BCUT2D eigenvalue weighted by molar-refractivity contribution is 0.101. The van der Waals surface area contributed by atoms with E-state index in [1.807, 2.05) is 43.3 Å². The molecule has 0 unspecified atom stereocenters. The highest BCUT2D eigenvalue weighted by atomic mass is 16.5. The van der Waals surface area contributed by atoms with E-state index in [1.54, 1.807) is 6.92 Å². The number of benzene rings is 1. The van der Waals surface area contributed by atoms with Gasteiger partial charge in [0.15, 0.2) is 5.69 Å². The van der Waals surface area contributed by atoms with Crippen LogP contribution in [0.3, 0.4) is 0 Å². The number of aryl methyl sites for hydroxylation is 1. The number of nitrogens with one attached hydrogen (secondary N) is 1. The molecule has 1 aromatic heterocycles. The van der Waals surface area contributed by atoms with Gasteiger partial charge in [-0.3, -0.25) is 4.79 Å². The smallest absolute Gasteiger partial charge is 0.278 e. The topological polar surface area (TPSA) is 58.4 Å². The van der Waals surface area contributed by atoms with E-state index in [4.69, 9.17) is 4.52 Å². The molecular formula is C13H15N3O2. The minimum Gasteiger partial charge on any atom is -0.378 e. The number of hydrogen-bond donors (Lipinski definition) is 1. The van der Waals surface area contributed by atoms with E-state index in [-0.39, 0.29) is 5.91 Å². The maximum atomic E-state index is 11.9. The highest BCUT2D eigenvalue weighted by molar-refractivity contribution is 6.03. The van der Waals surface area contributed by atoms with Gasteiger partial charge in [-0.25, -0.2) is 0 Å². The zero-order chi connectivity index (χ0) is 13.1. The van der Waals surface area contributed by atoms with Gasteiger partial charge in [0.25, 0.3) is 5.91 Å². The first-order valence-corrected chi connectivity index (χ1v) is 5.57. The van der Waals surface area contributed by atoms with Gasteiger partial charge < -0.3 is 14.7 Å². The summed E-state index contributed by atoms with van der Waals surface area (Å²) in [6.45, 7) is 1.78. The van der Waals surface area contributed by atoms with E-state index >= 15 is 0 Å². The molecule has 2 rings (SSSR count). The van der Waals surface area contributed by atoms with Crippen molar-refractivity contribution in [3.8, 4) is 0 Å². The van der Waals surface area contributed by atoms with Crippen LogP contribution in [0.1, 0.15) is 16.1 Å². The van der Waals surface area contributed by atoms with Crippen LogP contribution < -0.4 is 10.2 Å². The summed E-state index contributed by atoms with van der Waals surface area (Å²) >= 11 is 0. The van der Waals surface area contributed by atoms with Crippen molar-refractivity contribution in [3.63, 3.8) is 0 Å². The van der Waals surface area contributed by atoms with Crippen molar-refractivity contribution >= 4 is 17.3 Å². The number of carbonyl (C=O) groups excluding carboxylic acids is 1. The molecule has 0 atom stereocenters. The summed E-state index contributed by atoms with van der Waals surface area (Å²) < 4.78 is 4.74. The predicted octanol–water partition coefficient (Wildman–Crippen LogP) is 2.30. The van der Waals surface area contributed by atoms with Crippen LogP contribution in [0.4, 0.5) is 11.4 Å². The highest BCUT2D eigenvalue weighted by Gasteiger charge is 2.13. The van der Waals surface area contributed by atoms with Crippen LogP contribution in [0.5, 0.6) is 0 Å². The van der Waals surface area contributed by atoms with Crippen molar-refractivity contribution in [3.05, 3.63) is 41.8 Å². The minimum atomic E-state index is -0.265. The lowest BCUT2D eigenvalue weighted by Gasteiger charge is -2.12. The molecule has 0 aliphatic carbocycles. The number of aromatic nitrogens is 1. The Morgan fingerprint density at radius 3 is 2.44 bits per heavy atom. The SMILES string of the molecule is Cc1conc1C(=O)Nc1ccc(N(C)C)cc1. The number of nitrogens with zero attached hydrogens (tertiary/aromatic N) is 2. The Balaban J connectivity index is 2.10. The first-order chi connectivity index (χ1) is 8.58. The molecule has 1 N–H and O–H groups in total. The number of amides is 1. The van der Waals surface area contributed by atoms with Gasteiger partial charge in [-0.15, -0.1) is 0 Å². The Hall–Kier alpha value is -2.30. The molecule has 0 radical (unpaired) electrons. The second-order valence-electron chi connectivity index (χ2n) is 4.24. The largest absolute Gasteiger partial charge is 0.378 e. The fourth-order valence-electron chi connectivity index (χ4n) is 1.54. The summed E-state index contributed by atoms with van der Waals surface area (Å²) in [4.78, 5) is 13.9. The van der Waals surface area contributed by atoms with Crippen LogP contribution in [-0.2, 0) is 0 Å². The monoisotopic (exact) mass is 245 g/mol. The average Bonchev–Trinajstić information content (AvgIpc) is 2.76. The molecule has 0 saturated heterocycles. The molecule has 0 aliphatic rings. The standard InChI is InChI=1S/C13H15N3O2/c1-9-8-18-15-12(9)13(17)14-10-4-6-11(7-5-10)16(2)3/h4-8H,1-3H3,(H,14,17). The highest BCUT2D eigenvalue weighted by Crippen LogP contribution is 2.16. The fraction of sp³-hybridized carbons (Fsp3) is 0.231. The molecule has 5 nitrogen and oxygen atoms in total. The second kappa shape index (κ2) is 4.91. The quantitative estimate of drug-likeness (QED) is 0.901. The first-order valence-electron chi connectivity index (χ1n) is 5.57. The minimum absolute atomic E-state index is 0.265. The Labute approximate surface area is 105 Å². The molecule has 1 amide bonds. The van der Waals surface area contributed by atoms with Crippen molar-refractivity contribution in [1.29, 1.82) is 0 Å². The van der Waals surface area contributed by atoms with Crippen molar-refractivity contribution in [2.24, 2.45) is 0 Å². The molecule has 18 heavy (non-hydrogen) atoms. The summed E-state index contributed by atoms with van der Waals surface area (Å²) in [6, 6.07) is 7.57. The molecule has 1 heterocycles. The van der Waals surface area contributed by atoms with Crippen LogP contribution in [-0.4, -0.2) is 25.2 Å². The summed E-state index contributed by atoms with van der Waals surface area (Å²) in [7, 11) is 3.93. The molecule has 0 spiro atoms. The van der Waals surface area contributed by atoms with Gasteiger partial charge in [0.1, 0.15) is 6.26 Å². The zero-order valence-corrected chi connectivity index (χ0v) is 10.6. The third kappa shape index (κ3) is 2.51. The van der Waals surface area contributed by atoms with Crippen LogP contribution in [0.15, 0.2) is 35.1 Å². The van der Waals surface area contributed by atoms with E-state index in [0.29, 0.717) is 5.69 Å². The van der Waals surface area contributed by atoms with Crippen LogP contribution in [0, 0.1) is 6.92 Å². The zero-order valence-electron chi connectivity index (χ0n) is 10.6. The fourth-order valence-corrected chi connectivity index (χ4v) is 1.54. The molecule has 94 valence electrons. The van der Waals surface area contributed by atoms with Crippen LogP contribution in [0.2, 0.25) is 0 Å². The normalized spacial score (nSPS) is 10.2. The van der Waals surface area contributed by atoms with E-state index < -0.39 is 0 Å². The number of hydrogen-bond acceptors (Lipinski definition) is 4. The molecule has 5 heteroatoms. The Kier molecular flexibility index (Phi) is 3.32. The lowest BCUT2D eigenvalue weighted by Crippen LogP contribution is -2.14.